The number of benzene rings is 2. The number of hydrogen-bond acceptors (Lipinski definition) is 2. The van der Waals surface area contributed by atoms with Gasteiger partial charge in [0.1, 0.15) is 17.1 Å². The van der Waals surface area contributed by atoms with Gasteiger partial charge in [0.2, 0.25) is 0 Å². The maximum Gasteiger partial charge on any atom is 0.351 e. The summed E-state index contributed by atoms with van der Waals surface area (Å²) in [5.74, 6) is 1.14. The van der Waals surface area contributed by atoms with Crippen LogP contribution < -0.4 is 34.1 Å². The molecular weight excluding hydrogens is 642 g/mol. The van der Waals surface area contributed by atoms with Crippen molar-refractivity contribution in [3.8, 4) is 5.69 Å². The molecule has 3 heterocycles. The summed E-state index contributed by atoms with van der Waals surface area (Å²) in [4.78, 5) is 16.6. The number of thiophene rings is 1. The van der Waals surface area contributed by atoms with E-state index in [0.717, 1.165) is 42.6 Å². The molecule has 0 saturated carbocycles. The Morgan fingerprint density at radius 1 is 0.938 bits per heavy atom. The Morgan fingerprint density at radius 2 is 1.62 bits per heavy atom. The Bertz CT molecular complexity index is 1330. The normalized spacial score (nSPS) is 19.8. The fraction of sp³-hybridized carbons (Fsp3) is 0.308. The molecule has 2 atom stereocenters. The Labute approximate surface area is 222 Å². The van der Waals surface area contributed by atoms with E-state index < -0.39 is 0 Å². The number of hydrogen-bond donors (Lipinski definition) is 0. The molecule has 0 fully saturated rings. The van der Waals surface area contributed by atoms with Crippen molar-refractivity contribution in [2.45, 2.75) is 48.5 Å². The number of alkyl halides is 1. The highest BCUT2D eigenvalue weighted by Crippen LogP contribution is 2.38. The van der Waals surface area contributed by atoms with Crippen molar-refractivity contribution in [1.82, 2.24) is 4.57 Å². The highest BCUT2D eigenvalue weighted by Gasteiger charge is 2.40. The number of aromatic nitrogens is 2. The topological polar surface area (TPSA) is 25.9 Å². The lowest BCUT2D eigenvalue weighted by atomic mass is 9.94. The van der Waals surface area contributed by atoms with Gasteiger partial charge >= 0.3 is 5.56 Å². The molecular formula is C26H24I2N2OS. The smallest absolute Gasteiger partial charge is 0.351 e. The second kappa shape index (κ2) is 9.18. The Hall–Kier alpha value is -1.26. The molecule has 6 rings (SSSR count). The maximum atomic E-state index is 14.0. The van der Waals surface area contributed by atoms with Gasteiger partial charge in [0, 0.05) is 4.88 Å². The summed E-state index contributed by atoms with van der Waals surface area (Å²) in [6.07, 6.45) is 6.54. The average molecular weight is 666 g/mol. The third kappa shape index (κ3) is 3.57. The lowest BCUT2D eigenvalue weighted by Crippen LogP contribution is -3.00. The summed E-state index contributed by atoms with van der Waals surface area (Å²) in [5, 5.41) is 0.971. The van der Waals surface area contributed by atoms with E-state index in [-0.39, 0.29) is 35.6 Å². The Kier molecular flexibility index (Phi) is 6.46. The molecule has 32 heavy (non-hydrogen) atoms. The van der Waals surface area contributed by atoms with Crippen LogP contribution in [0.25, 0.3) is 15.9 Å². The van der Waals surface area contributed by atoms with Crippen LogP contribution >= 0.6 is 33.9 Å². The lowest BCUT2D eigenvalue weighted by molar-refractivity contribution is -0.701. The van der Waals surface area contributed by atoms with Crippen molar-refractivity contribution >= 4 is 44.1 Å². The van der Waals surface area contributed by atoms with Crippen LogP contribution in [0.2, 0.25) is 0 Å². The fourth-order valence-corrected chi connectivity index (χ4v) is 7.84. The predicted molar refractivity (Wildman–Crippen MR) is 135 cm³/mol. The van der Waals surface area contributed by atoms with Gasteiger partial charge in [-0.3, -0.25) is 0 Å². The molecule has 0 amide bonds. The summed E-state index contributed by atoms with van der Waals surface area (Å²) >= 11 is 4.51. The van der Waals surface area contributed by atoms with Gasteiger partial charge in [-0.25, -0.2) is 9.36 Å². The van der Waals surface area contributed by atoms with Gasteiger partial charge in [-0.05, 0) is 55.4 Å². The SMILES string of the molecule is O=c1c2c3c(sc2[n+]2c(n1-c1ccccc1)CCC(I)C2c1ccccc1)CCCC3.[I-]. The van der Waals surface area contributed by atoms with Crippen LogP contribution in [0.1, 0.15) is 47.1 Å². The van der Waals surface area contributed by atoms with Gasteiger partial charge in [0.05, 0.1) is 10.3 Å². The number of nitrogens with zero attached hydrogens (tertiary/aromatic N) is 2. The fourth-order valence-electron chi connectivity index (χ4n) is 5.35. The number of fused-ring (bicyclic) bond motifs is 5. The molecule has 3 nitrogen and oxygen atoms in total. The van der Waals surface area contributed by atoms with E-state index in [2.05, 4.69) is 69.6 Å². The molecule has 2 aliphatic rings. The van der Waals surface area contributed by atoms with E-state index in [4.69, 9.17) is 0 Å². The molecule has 1 aliphatic carbocycles. The molecule has 2 aromatic carbocycles. The minimum absolute atomic E-state index is 0. The maximum absolute atomic E-state index is 14.0. The number of aryl methyl sites for hydroxylation is 2. The largest absolute Gasteiger partial charge is 1.00 e. The first kappa shape index (κ1) is 22.5. The van der Waals surface area contributed by atoms with Crippen LogP contribution in [0.3, 0.4) is 0 Å². The van der Waals surface area contributed by atoms with Crippen LogP contribution in [0, 0.1) is 0 Å². The lowest BCUT2D eigenvalue weighted by Gasteiger charge is -2.29. The van der Waals surface area contributed by atoms with Gasteiger partial charge in [-0.2, -0.15) is 4.57 Å². The van der Waals surface area contributed by atoms with E-state index in [1.54, 1.807) is 0 Å². The van der Waals surface area contributed by atoms with Crippen LogP contribution in [-0.2, 0) is 19.3 Å². The summed E-state index contributed by atoms with van der Waals surface area (Å²) in [7, 11) is 0. The van der Waals surface area contributed by atoms with Crippen molar-refractivity contribution in [1.29, 1.82) is 0 Å². The van der Waals surface area contributed by atoms with Crippen LogP contribution in [0.5, 0.6) is 0 Å². The Morgan fingerprint density at radius 3 is 2.38 bits per heavy atom. The third-order valence-electron chi connectivity index (χ3n) is 6.74. The second-order valence-corrected chi connectivity index (χ2v) is 11.2. The molecule has 0 N–H and O–H groups in total. The van der Waals surface area contributed by atoms with Gasteiger partial charge < -0.3 is 24.0 Å². The molecule has 164 valence electrons. The summed E-state index contributed by atoms with van der Waals surface area (Å²) in [6.45, 7) is 0. The van der Waals surface area contributed by atoms with E-state index in [9.17, 15) is 4.79 Å². The molecule has 0 saturated heterocycles. The highest BCUT2D eigenvalue weighted by molar-refractivity contribution is 14.1. The summed E-state index contributed by atoms with van der Waals surface area (Å²) in [5.41, 5.74) is 3.80. The predicted octanol–water partition coefficient (Wildman–Crippen LogP) is 2.56. The summed E-state index contributed by atoms with van der Waals surface area (Å²) < 4.78 is 5.03. The minimum atomic E-state index is 0. The van der Waals surface area contributed by atoms with Crippen molar-refractivity contribution < 1.29 is 28.5 Å². The number of halogens is 2. The van der Waals surface area contributed by atoms with Gasteiger partial charge in [-0.1, -0.05) is 82.5 Å². The molecule has 1 aliphatic heterocycles. The zero-order valence-corrected chi connectivity index (χ0v) is 22.8. The highest BCUT2D eigenvalue weighted by atomic mass is 127. The number of para-hydroxylation sites is 1. The van der Waals surface area contributed by atoms with E-state index in [0.29, 0.717) is 3.92 Å². The van der Waals surface area contributed by atoms with Crippen LogP contribution in [0.15, 0.2) is 65.5 Å². The number of rotatable bonds is 2. The van der Waals surface area contributed by atoms with Crippen LogP contribution in [0.4, 0.5) is 0 Å². The first-order valence-electron chi connectivity index (χ1n) is 11.1. The monoisotopic (exact) mass is 666 g/mol. The zero-order chi connectivity index (χ0) is 20.9. The molecule has 2 unspecified atom stereocenters. The van der Waals surface area contributed by atoms with Crippen molar-refractivity contribution in [3.05, 3.63) is 92.8 Å². The third-order valence-corrected chi connectivity index (χ3v) is 9.34. The minimum Gasteiger partial charge on any atom is -1.00 e. The summed E-state index contributed by atoms with van der Waals surface area (Å²) in [6, 6.07) is 21.3. The molecule has 0 radical (unpaired) electrons. The first-order valence-corrected chi connectivity index (χ1v) is 13.2. The zero-order valence-electron chi connectivity index (χ0n) is 17.6. The molecule has 0 spiro atoms. The van der Waals surface area contributed by atoms with Gasteiger partial charge in [-0.15, -0.1) is 0 Å². The molecule has 4 aromatic rings. The van der Waals surface area contributed by atoms with E-state index in [1.807, 2.05) is 34.1 Å². The van der Waals surface area contributed by atoms with Gasteiger partial charge in [0.25, 0.3) is 5.82 Å². The van der Waals surface area contributed by atoms with Crippen molar-refractivity contribution in [3.63, 3.8) is 0 Å². The molecule has 0 bridgehead atoms. The first-order chi connectivity index (χ1) is 15.2. The van der Waals surface area contributed by atoms with Crippen molar-refractivity contribution in [2.24, 2.45) is 0 Å². The standard InChI is InChI=1S/C26H24IN2OS.HI/c27-20-15-16-22-28(18-11-5-2-6-12-18)25(30)23-19-13-7-8-14-21(19)31-26(23)29(22)24(20)17-9-3-1-4-10-17;/h1-6,9-12,20,24H,7-8,13-16H2;1H/q+1;/p-1. The average Bonchev–Trinajstić information content (AvgIpc) is 3.21. The van der Waals surface area contributed by atoms with Crippen molar-refractivity contribution in [2.75, 3.05) is 0 Å². The Balaban J connectivity index is 0.00000216. The van der Waals surface area contributed by atoms with Gasteiger partial charge in [0.15, 0.2) is 4.83 Å². The molecule has 6 heteroatoms. The second-order valence-electron chi connectivity index (χ2n) is 8.56. The van der Waals surface area contributed by atoms with E-state index in [1.165, 1.54) is 33.7 Å². The van der Waals surface area contributed by atoms with Crippen LogP contribution in [-0.4, -0.2) is 8.49 Å². The quantitative estimate of drug-likeness (QED) is 0.184. The molecule has 2 aromatic heterocycles. The van der Waals surface area contributed by atoms with E-state index >= 15 is 0 Å².